The summed E-state index contributed by atoms with van der Waals surface area (Å²) in [6.07, 6.45) is -5.02. The Morgan fingerprint density at radius 2 is 1.87 bits per heavy atom. The van der Waals surface area contributed by atoms with Crippen LogP contribution in [0.3, 0.4) is 0 Å². The summed E-state index contributed by atoms with van der Waals surface area (Å²) in [6.45, 7) is 1.35. The van der Waals surface area contributed by atoms with E-state index in [0.717, 1.165) is 0 Å². The van der Waals surface area contributed by atoms with Crippen LogP contribution in [-0.2, 0) is 9.59 Å². The summed E-state index contributed by atoms with van der Waals surface area (Å²) in [5, 5.41) is 2.67. The Hall–Kier alpha value is -0.910. The molecule has 0 radical (unpaired) electrons. The van der Waals surface area contributed by atoms with Crippen molar-refractivity contribution in [3.63, 3.8) is 0 Å². The average Bonchev–Trinajstić information content (AvgIpc) is 2.09. The molecule has 0 aromatic carbocycles. The Morgan fingerprint density at radius 1 is 1.33 bits per heavy atom. The molecule has 15 heavy (non-hydrogen) atoms. The van der Waals surface area contributed by atoms with Gasteiger partial charge in [0.2, 0.25) is 5.78 Å². The minimum absolute atomic E-state index is 0.0590. The predicted molar refractivity (Wildman–Crippen MR) is 48.4 cm³/mol. The lowest BCUT2D eigenvalue weighted by Crippen LogP contribution is -2.32. The van der Waals surface area contributed by atoms with E-state index in [2.05, 4.69) is 5.32 Å². The Bertz CT molecular complexity index is 238. The van der Waals surface area contributed by atoms with Gasteiger partial charge < -0.3 is 5.32 Å². The minimum Gasteiger partial charge on any atom is -0.311 e. The van der Waals surface area contributed by atoms with E-state index in [4.69, 9.17) is 0 Å². The number of carbonyl (C=O) groups is 2. The van der Waals surface area contributed by atoms with E-state index >= 15 is 0 Å². The highest BCUT2D eigenvalue weighted by atomic mass is 19.4. The standard InChI is InChI=1S/C9H14F3NO2/c1-6(14)7(13-2)4-3-5-8(15)9(10,11)12/h7,13H,3-5H2,1-2H3/t7-/m0/s1. The van der Waals surface area contributed by atoms with E-state index in [9.17, 15) is 22.8 Å². The second kappa shape index (κ2) is 5.85. The van der Waals surface area contributed by atoms with Gasteiger partial charge in [-0.1, -0.05) is 0 Å². The molecular formula is C9H14F3NO2. The zero-order chi connectivity index (χ0) is 12.1. The van der Waals surface area contributed by atoms with E-state index in [-0.39, 0.29) is 18.6 Å². The van der Waals surface area contributed by atoms with Gasteiger partial charge in [0, 0.05) is 6.42 Å². The molecule has 0 heterocycles. The Labute approximate surface area is 86.0 Å². The quantitative estimate of drug-likeness (QED) is 0.744. The Balaban J connectivity index is 3.89. The van der Waals surface area contributed by atoms with E-state index < -0.39 is 24.4 Å². The van der Waals surface area contributed by atoms with Gasteiger partial charge in [-0.3, -0.25) is 9.59 Å². The number of hydrogen-bond acceptors (Lipinski definition) is 3. The van der Waals surface area contributed by atoms with Crippen molar-refractivity contribution in [2.45, 2.75) is 38.4 Å². The zero-order valence-electron chi connectivity index (χ0n) is 8.65. The lowest BCUT2D eigenvalue weighted by Gasteiger charge is -2.12. The smallest absolute Gasteiger partial charge is 0.311 e. The SMILES string of the molecule is CN[C@@H](CCCC(=O)C(F)(F)F)C(C)=O. The molecule has 0 bridgehead atoms. The van der Waals surface area contributed by atoms with E-state index in [1.165, 1.54) is 6.92 Å². The number of halogens is 3. The third-order valence-electron chi connectivity index (χ3n) is 2.05. The highest BCUT2D eigenvalue weighted by molar-refractivity contribution is 5.84. The van der Waals surface area contributed by atoms with E-state index in [1.807, 2.05) is 0 Å². The van der Waals surface area contributed by atoms with Crippen molar-refractivity contribution in [1.29, 1.82) is 0 Å². The summed E-state index contributed by atoms with van der Waals surface area (Å²) in [7, 11) is 1.55. The topological polar surface area (TPSA) is 46.2 Å². The molecule has 0 unspecified atom stereocenters. The van der Waals surface area contributed by atoms with Crippen LogP contribution in [-0.4, -0.2) is 30.8 Å². The summed E-state index contributed by atoms with van der Waals surface area (Å²) in [5.41, 5.74) is 0. The summed E-state index contributed by atoms with van der Waals surface area (Å²) in [6, 6.07) is -0.467. The van der Waals surface area contributed by atoms with Gasteiger partial charge in [-0.05, 0) is 26.8 Å². The number of likely N-dealkylation sites (N-methyl/N-ethyl adjacent to an activating group) is 1. The van der Waals surface area contributed by atoms with E-state index in [0.29, 0.717) is 0 Å². The van der Waals surface area contributed by atoms with Gasteiger partial charge in [-0.2, -0.15) is 13.2 Å². The summed E-state index contributed by atoms with van der Waals surface area (Å²) >= 11 is 0. The summed E-state index contributed by atoms with van der Waals surface area (Å²) in [5.74, 6) is -1.88. The maximum Gasteiger partial charge on any atom is 0.449 e. The van der Waals surface area contributed by atoms with Crippen molar-refractivity contribution < 1.29 is 22.8 Å². The Kier molecular flexibility index (Phi) is 5.49. The molecule has 1 N–H and O–H groups in total. The van der Waals surface area contributed by atoms with Crippen LogP contribution in [0.4, 0.5) is 13.2 Å². The molecule has 0 aliphatic heterocycles. The average molecular weight is 225 g/mol. The molecule has 0 rings (SSSR count). The Morgan fingerprint density at radius 3 is 2.20 bits per heavy atom. The van der Waals surface area contributed by atoms with Gasteiger partial charge in [-0.25, -0.2) is 0 Å². The maximum atomic E-state index is 11.8. The van der Waals surface area contributed by atoms with Crippen LogP contribution in [0.25, 0.3) is 0 Å². The highest BCUT2D eigenvalue weighted by Crippen LogP contribution is 2.19. The molecule has 88 valence electrons. The first-order valence-electron chi connectivity index (χ1n) is 4.56. The lowest BCUT2D eigenvalue weighted by molar-refractivity contribution is -0.171. The van der Waals surface area contributed by atoms with Crippen molar-refractivity contribution in [2.24, 2.45) is 0 Å². The predicted octanol–water partition coefficient (Wildman–Crippen LogP) is 1.47. The first-order chi connectivity index (χ1) is 6.79. The van der Waals surface area contributed by atoms with Gasteiger partial charge in [0.05, 0.1) is 6.04 Å². The number of alkyl halides is 3. The molecule has 3 nitrogen and oxygen atoms in total. The van der Waals surface area contributed by atoms with Crippen LogP contribution in [0, 0.1) is 0 Å². The number of carbonyl (C=O) groups excluding carboxylic acids is 2. The van der Waals surface area contributed by atoms with Gasteiger partial charge >= 0.3 is 6.18 Å². The number of ketones is 2. The van der Waals surface area contributed by atoms with Crippen LogP contribution in [0.1, 0.15) is 26.2 Å². The molecule has 0 aromatic heterocycles. The second-order valence-corrected chi connectivity index (χ2v) is 3.27. The molecule has 6 heteroatoms. The van der Waals surface area contributed by atoms with Gasteiger partial charge in [0.1, 0.15) is 5.78 Å². The van der Waals surface area contributed by atoms with Crippen molar-refractivity contribution >= 4 is 11.6 Å². The highest BCUT2D eigenvalue weighted by Gasteiger charge is 2.37. The van der Waals surface area contributed by atoms with Gasteiger partial charge in [0.15, 0.2) is 0 Å². The zero-order valence-corrected chi connectivity index (χ0v) is 8.65. The van der Waals surface area contributed by atoms with Crippen molar-refractivity contribution in [2.75, 3.05) is 7.05 Å². The normalized spacial score (nSPS) is 13.7. The molecule has 0 amide bonds. The van der Waals surface area contributed by atoms with Gasteiger partial charge in [0.25, 0.3) is 0 Å². The molecule has 0 aliphatic carbocycles. The molecule has 0 spiro atoms. The molecule has 0 aliphatic rings. The number of rotatable bonds is 6. The van der Waals surface area contributed by atoms with Crippen LogP contribution in [0.5, 0.6) is 0 Å². The minimum atomic E-state index is -4.76. The van der Waals surface area contributed by atoms with Crippen LogP contribution in [0.15, 0.2) is 0 Å². The molecule has 0 saturated carbocycles. The van der Waals surface area contributed by atoms with E-state index in [1.54, 1.807) is 7.05 Å². The third-order valence-corrected chi connectivity index (χ3v) is 2.05. The number of hydrogen-bond donors (Lipinski definition) is 1. The fourth-order valence-corrected chi connectivity index (χ4v) is 1.16. The third kappa shape index (κ3) is 5.51. The first kappa shape index (κ1) is 14.1. The molecule has 0 saturated heterocycles. The van der Waals surface area contributed by atoms with Crippen LogP contribution >= 0.6 is 0 Å². The van der Waals surface area contributed by atoms with Crippen molar-refractivity contribution in [3.05, 3.63) is 0 Å². The van der Waals surface area contributed by atoms with Crippen LogP contribution in [0.2, 0.25) is 0 Å². The largest absolute Gasteiger partial charge is 0.449 e. The fourth-order valence-electron chi connectivity index (χ4n) is 1.16. The molecule has 0 fully saturated rings. The molecular weight excluding hydrogens is 211 g/mol. The maximum absolute atomic E-state index is 11.8. The fraction of sp³-hybridized carbons (Fsp3) is 0.778. The summed E-state index contributed by atoms with van der Waals surface area (Å²) in [4.78, 5) is 21.4. The number of nitrogens with one attached hydrogen (secondary N) is 1. The monoisotopic (exact) mass is 225 g/mol. The van der Waals surface area contributed by atoms with Crippen molar-refractivity contribution in [3.8, 4) is 0 Å². The van der Waals surface area contributed by atoms with Crippen LogP contribution < -0.4 is 5.32 Å². The molecule has 0 aromatic rings. The van der Waals surface area contributed by atoms with Crippen molar-refractivity contribution in [1.82, 2.24) is 5.32 Å². The lowest BCUT2D eigenvalue weighted by atomic mass is 10.0. The molecule has 1 atom stereocenters. The summed E-state index contributed by atoms with van der Waals surface area (Å²) < 4.78 is 35.3. The first-order valence-corrected chi connectivity index (χ1v) is 4.56. The second-order valence-electron chi connectivity index (χ2n) is 3.27. The van der Waals surface area contributed by atoms with Gasteiger partial charge in [-0.15, -0.1) is 0 Å². The number of Topliss-reactive ketones (excluding diaryl/α,β-unsaturated/α-hetero) is 2.